The van der Waals surface area contributed by atoms with Crippen LogP contribution in [-0.4, -0.2) is 30.0 Å². The Hall–Kier alpha value is -2.53. The molecule has 2 aromatic rings. The van der Waals surface area contributed by atoms with Gasteiger partial charge in [0.2, 0.25) is 0 Å². The van der Waals surface area contributed by atoms with Crippen LogP contribution in [0.1, 0.15) is 12.5 Å². The Morgan fingerprint density at radius 3 is 2.42 bits per heavy atom. The molecule has 3 amide bonds. The topological polar surface area (TPSA) is 58.6 Å². The third-order valence-corrected chi connectivity index (χ3v) is 4.28. The van der Waals surface area contributed by atoms with Crippen molar-refractivity contribution >= 4 is 23.5 Å². The van der Waals surface area contributed by atoms with E-state index in [-0.39, 0.29) is 19.1 Å². The second-order valence-electron chi connectivity index (χ2n) is 5.68. The molecule has 124 valence electrons. The van der Waals surface area contributed by atoms with Crippen LogP contribution in [-0.2, 0) is 10.3 Å². The van der Waals surface area contributed by atoms with Gasteiger partial charge >= 0.3 is 6.03 Å². The lowest BCUT2D eigenvalue weighted by Crippen LogP contribution is -2.41. The average Bonchev–Trinajstić information content (AvgIpc) is 2.81. The van der Waals surface area contributed by atoms with E-state index in [0.717, 1.165) is 5.56 Å². The lowest BCUT2D eigenvalue weighted by Gasteiger charge is -2.22. The first-order valence-electron chi connectivity index (χ1n) is 7.59. The summed E-state index contributed by atoms with van der Waals surface area (Å²) in [7, 11) is 0. The number of carbonyl (C=O) groups is 2. The molecule has 5 nitrogen and oxygen atoms in total. The first-order chi connectivity index (χ1) is 11.5. The Kier molecular flexibility index (Phi) is 4.44. The van der Waals surface area contributed by atoms with Gasteiger partial charge in [0.1, 0.15) is 17.9 Å². The van der Waals surface area contributed by atoms with Crippen LogP contribution in [0.4, 0.5) is 4.79 Å². The molecule has 0 spiro atoms. The summed E-state index contributed by atoms with van der Waals surface area (Å²) in [5.74, 6) is 0.357. The van der Waals surface area contributed by atoms with Crippen molar-refractivity contribution in [1.82, 2.24) is 10.2 Å². The molecule has 1 aliphatic heterocycles. The molecule has 1 saturated heterocycles. The van der Waals surface area contributed by atoms with Crippen molar-refractivity contribution in [1.29, 1.82) is 0 Å². The summed E-state index contributed by atoms with van der Waals surface area (Å²) in [6.07, 6.45) is 0. The zero-order valence-corrected chi connectivity index (χ0v) is 13.9. The second kappa shape index (κ2) is 6.53. The van der Waals surface area contributed by atoms with Crippen molar-refractivity contribution in [3.05, 3.63) is 65.2 Å². The van der Waals surface area contributed by atoms with Gasteiger partial charge in [-0.1, -0.05) is 41.9 Å². The third kappa shape index (κ3) is 3.08. The van der Waals surface area contributed by atoms with Crippen LogP contribution in [0.5, 0.6) is 5.75 Å². The van der Waals surface area contributed by atoms with Crippen LogP contribution >= 0.6 is 11.6 Å². The maximum Gasteiger partial charge on any atom is 0.325 e. The van der Waals surface area contributed by atoms with Gasteiger partial charge < -0.3 is 10.1 Å². The Balaban J connectivity index is 1.65. The van der Waals surface area contributed by atoms with E-state index in [9.17, 15) is 9.59 Å². The molecule has 0 unspecified atom stereocenters. The van der Waals surface area contributed by atoms with Gasteiger partial charge in [-0.25, -0.2) is 4.79 Å². The summed E-state index contributed by atoms with van der Waals surface area (Å²) in [5.41, 5.74) is -0.289. The molecule has 2 aromatic carbocycles. The Bertz CT molecular complexity index is 749. The van der Waals surface area contributed by atoms with E-state index in [1.807, 2.05) is 30.3 Å². The molecule has 1 aliphatic rings. The predicted molar refractivity (Wildman–Crippen MR) is 91.0 cm³/mol. The van der Waals surface area contributed by atoms with Crippen LogP contribution in [0, 0.1) is 0 Å². The van der Waals surface area contributed by atoms with E-state index in [2.05, 4.69) is 5.32 Å². The predicted octanol–water partition coefficient (Wildman–Crippen LogP) is 3.19. The van der Waals surface area contributed by atoms with Gasteiger partial charge in [-0.05, 0) is 36.8 Å². The highest BCUT2D eigenvalue weighted by atomic mass is 35.5. The number of halogens is 1. The van der Waals surface area contributed by atoms with E-state index >= 15 is 0 Å². The highest BCUT2D eigenvalue weighted by Gasteiger charge is 2.48. The molecule has 0 bridgehead atoms. The summed E-state index contributed by atoms with van der Waals surface area (Å²) in [6.45, 7) is 2.10. The number of imide groups is 1. The first-order valence-corrected chi connectivity index (χ1v) is 7.96. The van der Waals surface area contributed by atoms with E-state index in [4.69, 9.17) is 16.3 Å². The first kappa shape index (κ1) is 16.3. The number of carbonyl (C=O) groups excluding carboxylic acids is 2. The highest BCUT2D eigenvalue weighted by molar-refractivity contribution is 6.30. The molecule has 1 fully saturated rings. The summed E-state index contributed by atoms with van der Waals surface area (Å²) in [6, 6.07) is 15.7. The number of benzene rings is 2. The fourth-order valence-corrected chi connectivity index (χ4v) is 2.78. The van der Waals surface area contributed by atoms with Crippen molar-refractivity contribution in [3.63, 3.8) is 0 Å². The van der Waals surface area contributed by atoms with Crippen molar-refractivity contribution in [2.24, 2.45) is 0 Å². The number of amides is 3. The van der Waals surface area contributed by atoms with Crippen LogP contribution < -0.4 is 10.1 Å². The van der Waals surface area contributed by atoms with E-state index in [1.165, 1.54) is 4.90 Å². The number of urea groups is 1. The van der Waals surface area contributed by atoms with Crippen molar-refractivity contribution in [2.75, 3.05) is 13.2 Å². The van der Waals surface area contributed by atoms with Gasteiger partial charge in [0.05, 0.1) is 6.54 Å². The van der Waals surface area contributed by atoms with E-state index in [0.29, 0.717) is 10.8 Å². The lowest BCUT2D eigenvalue weighted by molar-refractivity contribution is -0.131. The molecule has 1 atom stereocenters. The van der Waals surface area contributed by atoms with Crippen molar-refractivity contribution in [3.8, 4) is 5.75 Å². The minimum atomic E-state index is -1.04. The SMILES string of the molecule is C[C@]1(c2ccccc2)NC(=O)N(CCOc2ccc(Cl)cc2)C1=O. The number of hydrogen-bond donors (Lipinski definition) is 1. The van der Waals surface area contributed by atoms with Crippen LogP contribution in [0.3, 0.4) is 0 Å². The zero-order valence-electron chi connectivity index (χ0n) is 13.2. The number of nitrogens with one attached hydrogen (secondary N) is 1. The second-order valence-corrected chi connectivity index (χ2v) is 6.12. The molecule has 6 heteroatoms. The minimum Gasteiger partial charge on any atom is -0.492 e. The Morgan fingerprint density at radius 1 is 1.08 bits per heavy atom. The standard InChI is InChI=1S/C18H17ClN2O3/c1-18(13-5-3-2-4-6-13)16(22)21(17(23)20-18)11-12-24-15-9-7-14(19)8-10-15/h2-10H,11-12H2,1H3,(H,20,23)/t18-/m1/s1. The maximum absolute atomic E-state index is 12.7. The molecular formula is C18H17ClN2O3. The Labute approximate surface area is 145 Å². The molecule has 0 aromatic heterocycles. The van der Waals surface area contributed by atoms with Crippen LogP contribution in [0.2, 0.25) is 5.02 Å². The fraction of sp³-hybridized carbons (Fsp3) is 0.222. The number of rotatable bonds is 5. The smallest absolute Gasteiger partial charge is 0.325 e. The Morgan fingerprint density at radius 2 is 1.75 bits per heavy atom. The minimum absolute atomic E-state index is 0.176. The molecule has 1 heterocycles. The maximum atomic E-state index is 12.7. The van der Waals surface area contributed by atoms with Gasteiger partial charge in [0, 0.05) is 5.02 Å². The van der Waals surface area contributed by atoms with Gasteiger partial charge in [0.15, 0.2) is 0 Å². The van der Waals surface area contributed by atoms with E-state index in [1.54, 1.807) is 31.2 Å². The molecule has 24 heavy (non-hydrogen) atoms. The van der Waals surface area contributed by atoms with Gasteiger partial charge in [0.25, 0.3) is 5.91 Å². The molecule has 3 rings (SSSR count). The average molecular weight is 345 g/mol. The summed E-state index contributed by atoms with van der Waals surface area (Å²) < 4.78 is 5.56. The third-order valence-electron chi connectivity index (χ3n) is 4.02. The van der Waals surface area contributed by atoms with Gasteiger partial charge in [-0.3, -0.25) is 9.69 Å². The lowest BCUT2D eigenvalue weighted by atomic mass is 9.92. The van der Waals surface area contributed by atoms with Gasteiger partial charge in [-0.2, -0.15) is 0 Å². The fourth-order valence-electron chi connectivity index (χ4n) is 2.65. The number of hydrogen-bond acceptors (Lipinski definition) is 3. The quantitative estimate of drug-likeness (QED) is 0.847. The van der Waals surface area contributed by atoms with Crippen molar-refractivity contribution < 1.29 is 14.3 Å². The summed E-state index contributed by atoms with van der Waals surface area (Å²) in [4.78, 5) is 26.1. The molecule has 0 aliphatic carbocycles. The monoisotopic (exact) mass is 344 g/mol. The van der Waals surface area contributed by atoms with E-state index < -0.39 is 11.6 Å². The van der Waals surface area contributed by atoms with Crippen LogP contribution in [0.25, 0.3) is 0 Å². The number of ether oxygens (including phenoxy) is 1. The normalized spacial score (nSPS) is 20.2. The molecule has 0 radical (unpaired) electrons. The molecule has 1 N–H and O–H groups in total. The summed E-state index contributed by atoms with van der Waals surface area (Å²) >= 11 is 5.82. The molecule has 0 saturated carbocycles. The number of nitrogens with zero attached hydrogens (tertiary/aromatic N) is 1. The van der Waals surface area contributed by atoms with Crippen LogP contribution in [0.15, 0.2) is 54.6 Å². The summed E-state index contributed by atoms with van der Waals surface area (Å²) in [5, 5.41) is 3.39. The highest BCUT2D eigenvalue weighted by Crippen LogP contribution is 2.28. The zero-order chi connectivity index (χ0) is 17.2. The largest absolute Gasteiger partial charge is 0.492 e. The molecular weight excluding hydrogens is 328 g/mol. The van der Waals surface area contributed by atoms with Gasteiger partial charge in [-0.15, -0.1) is 0 Å². The van der Waals surface area contributed by atoms with Crippen molar-refractivity contribution in [2.45, 2.75) is 12.5 Å².